The Morgan fingerprint density at radius 2 is 2.19 bits per heavy atom. The van der Waals surface area contributed by atoms with Crippen LogP contribution in [0.5, 0.6) is 0 Å². The zero-order chi connectivity index (χ0) is 18.9. The summed E-state index contributed by atoms with van der Waals surface area (Å²) in [5.41, 5.74) is 1.76. The molecule has 0 aromatic heterocycles. The van der Waals surface area contributed by atoms with Crippen molar-refractivity contribution < 1.29 is 18.7 Å². The van der Waals surface area contributed by atoms with Crippen LogP contribution >= 0.6 is 0 Å². The lowest BCUT2D eigenvalue weighted by Crippen LogP contribution is -2.57. The zero-order valence-electron chi connectivity index (χ0n) is 15.3. The number of fused-ring (bicyclic) bond motifs is 2. The molecule has 1 fully saturated rings. The molecule has 6 heteroatoms. The van der Waals surface area contributed by atoms with Crippen molar-refractivity contribution in [2.24, 2.45) is 0 Å². The summed E-state index contributed by atoms with van der Waals surface area (Å²) < 4.78 is 25.0. The number of hydrogen-bond acceptors (Lipinski definition) is 4. The first-order valence-corrected chi connectivity index (χ1v) is 8.74. The molecule has 1 aromatic rings. The molecule has 2 aliphatic heterocycles. The van der Waals surface area contributed by atoms with Crippen LogP contribution in [0.4, 0.5) is 9.18 Å². The van der Waals surface area contributed by atoms with Gasteiger partial charge in [0.15, 0.2) is 0 Å². The Balaban J connectivity index is 1.88. The number of carbonyl (C=O) groups is 1. The third-order valence-corrected chi connectivity index (χ3v) is 4.49. The van der Waals surface area contributed by atoms with E-state index in [9.17, 15) is 9.18 Å². The number of nitriles is 1. The summed E-state index contributed by atoms with van der Waals surface area (Å²) in [4.78, 5) is 14.3. The summed E-state index contributed by atoms with van der Waals surface area (Å²) >= 11 is 0. The summed E-state index contributed by atoms with van der Waals surface area (Å²) in [5.74, 6) is -0.370. The van der Waals surface area contributed by atoms with Gasteiger partial charge >= 0.3 is 6.09 Å². The molecule has 0 aliphatic carbocycles. The Bertz CT molecular complexity index is 776. The fourth-order valence-electron chi connectivity index (χ4n) is 3.40. The SMILES string of the molecule is CC(C)(C)OC(=O)N1C2C=C(c3ccc(F)c(CC#N)c3)CC1COC2. The molecule has 0 saturated carbocycles. The molecule has 138 valence electrons. The monoisotopic (exact) mass is 358 g/mol. The molecule has 26 heavy (non-hydrogen) atoms. The highest BCUT2D eigenvalue weighted by Gasteiger charge is 2.40. The molecule has 2 atom stereocenters. The van der Waals surface area contributed by atoms with Crippen molar-refractivity contribution in [2.45, 2.75) is 51.3 Å². The highest BCUT2D eigenvalue weighted by molar-refractivity contribution is 5.75. The third-order valence-electron chi connectivity index (χ3n) is 4.49. The van der Waals surface area contributed by atoms with E-state index in [0.29, 0.717) is 25.2 Å². The molecule has 0 N–H and O–H groups in total. The van der Waals surface area contributed by atoms with Crippen LogP contribution in [0.1, 0.15) is 38.3 Å². The van der Waals surface area contributed by atoms with Crippen molar-refractivity contribution in [1.82, 2.24) is 4.90 Å². The first kappa shape index (κ1) is 18.4. The maximum Gasteiger partial charge on any atom is 0.411 e. The van der Waals surface area contributed by atoms with Crippen LogP contribution in [0, 0.1) is 17.1 Å². The second kappa shape index (κ2) is 7.08. The smallest absolute Gasteiger partial charge is 0.411 e. The molecule has 1 saturated heterocycles. The molecule has 3 rings (SSSR count). The van der Waals surface area contributed by atoms with Gasteiger partial charge in [-0.3, -0.25) is 4.90 Å². The third kappa shape index (κ3) is 3.88. The lowest BCUT2D eigenvalue weighted by Gasteiger charge is -2.44. The minimum atomic E-state index is -0.556. The molecule has 2 unspecified atom stereocenters. The normalized spacial score (nSPS) is 22.4. The van der Waals surface area contributed by atoms with E-state index in [0.717, 1.165) is 11.1 Å². The molecule has 0 radical (unpaired) electrons. The van der Waals surface area contributed by atoms with Gasteiger partial charge in [0, 0.05) is 5.56 Å². The number of morpholine rings is 1. The lowest BCUT2D eigenvalue weighted by molar-refractivity contribution is -0.0510. The van der Waals surface area contributed by atoms with Crippen LogP contribution in [0.2, 0.25) is 0 Å². The van der Waals surface area contributed by atoms with Gasteiger partial charge in [-0.25, -0.2) is 9.18 Å². The van der Waals surface area contributed by atoms with Crippen LogP contribution < -0.4 is 0 Å². The molecule has 2 heterocycles. The maximum atomic E-state index is 13.8. The maximum absolute atomic E-state index is 13.8. The van der Waals surface area contributed by atoms with E-state index < -0.39 is 5.60 Å². The van der Waals surface area contributed by atoms with Gasteiger partial charge in [-0.2, -0.15) is 5.26 Å². The Morgan fingerprint density at radius 1 is 1.42 bits per heavy atom. The first-order chi connectivity index (χ1) is 12.3. The average molecular weight is 358 g/mol. The van der Waals surface area contributed by atoms with Crippen LogP contribution in [0.3, 0.4) is 0 Å². The molecular weight excluding hydrogens is 335 g/mol. The molecule has 0 spiro atoms. The number of halogens is 1. The van der Waals surface area contributed by atoms with Crippen molar-refractivity contribution >= 4 is 11.7 Å². The van der Waals surface area contributed by atoms with E-state index in [1.165, 1.54) is 6.07 Å². The number of rotatable bonds is 2. The fraction of sp³-hybridized carbons (Fsp3) is 0.500. The predicted octanol–water partition coefficient (Wildman–Crippen LogP) is 3.68. The van der Waals surface area contributed by atoms with Gasteiger partial charge in [-0.1, -0.05) is 12.1 Å². The highest BCUT2D eigenvalue weighted by Crippen LogP contribution is 2.34. The van der Waals surface area contributed by atoms with E-state index in [1.807, 2.05) is 32.9 Å². The number of ether oxygens (including phenoxy) is 2. The van der Waals surface area contributed by atoms with Crippen molar-refractivity contribution in [3.8, 4) is 6.07 Å². The van der Waals surface area contributed by atoms with Crippen LogP contribution in [0.25, 0.3) is 5.57 Å². The van der Waals surface area contributed by atoms with Crippen molar-refractivity contribution in [2.75, 3.05) is 13.2 Å². The van der Waals surface area contributed by atoms with Gasteiger partial charge in [0.25, 0.3) is 0 Å². The van der Waals surface area contributed by atoms with Crippen molar-refractivity contribution in [3.63, 3.8) is 0 Å². The van der Waals surface area contributed by atoms with Crippen molar-refractivity contribution in [1.29, 1.82) is 5.26 Å². The van der Waals surface area contributed by atoms with Gasteiger partial charge in [0.1, 0.15) is 11.4 Å². The molecule has 1 aromatic carbocycles. The molecule has 2 aliphatic rings. The fourth-order valence-corrected chi connectivity index (χ4v) is 3.40. The molecule has 5 nitrogen and oxygen atoms in total. The highest BCUT2D eigenvalue weighted by atomic mass is 19.1. The average Bonchev–Trinajstić information content (AvgIpc) is 2.54. The number of hydrogen-bond donors (Lipinski definition) is 0. The van der Waals surface area contributed by atoms with Gasteiger partial charge in [-0.05, 0) is 50.5 Å². The molecule has 2 bridgehead atoms. The Hall–Kier alpha value is -2.39. The number of carbonyl (C=O) groups excluding carboxylic acids is 1. The second-order valence-electron chi connectivity index (χ2n) is 7.68. The van der Waals surface area contributed by atoms with E-state index in [2.05, 4.69) is 0 Å². The summed E-state index contributed by atoms with van der Waals surface area (Å²) in [6, 6.07) is 6.51. The van der Waals surface area contributed by atoms with Crippen LogP contribution in [0.15, 0.2) is 24.3 Å². The number of nitrogens with zero attached hydrogens (tertiary/aromatic N) is 2. The summed E-state index contributed by atoms with van der Waals surface area (Å²) in [5, 5.41) is 8.86. The van der Waals surface area contributed by atoms with Gasteiger partial charge in [0.05, 0.1) is 37.8 Å². The van der Waals surface area contributed by atoms with E-state index in [-0.39, 0.29) is 30.4 Å². The van der Waals surface area contributed by atoms with Crippen LogP contribution in [-0.4, -0.2) is 41.9 Å². The van der Waals surface area contributed by atoms with E-state index in [4.69, 9.17) is 14.7 Å². The quantitative estimate of drug-likeness (QED) is 0.809. The van der Waals surface area contributed by atoms with E-state index >= 15 is 0 Å². The predicted molar refractivity (Wildman–Crippen MR) is 94.8 cm³/mol. The van der Waals surface area contributed by atoms with Gasteiger partial charge in [0.2, 0.25) is 0 Å². The topological polar surface area (TPSA) is 62.6 Å². The first-order valence-electron chi connectivity index (χ1n) is 8.74. The van der Waals surface area contributed by atoms with Gasteiger partial charge in [-0.15, -0.1) is 0 Å². The van der Waals surface area contributed by atoms with Gasteiger partial charge < -0.3 is 9.47 Å². The zero-order valence-corrected chi connectivity index (χ0v) is 15.3. The number of amides is 1. The number of benzene rings is 1. The summed E-state index contributed by atoms with van der Waals surface area (Å²) in [7, 11) is 0. The molecular formula is C20H23FN2O3. The minimum Gasteiger partial charge on any atom is -0.444 e. The standard InChI is InChI=1S/C20H23FN2O3/c1-20(2,3)26-19(24)23-16-9-15(10-17(23)12-25-11-16)13-4-5-18(21)14(8-13)6-7-22/h4-5,8-9,16-17H,6,10-12H2,1-3H3. The summed E-state index contributed by atoms with van der Waals surface area (Å²) in [6.45, 7) is 6.39. The Kier molecular flexibility index (Phi) is 5.01. The second-order valence-corrected chi connectivity index (χ2v) is 7.68. The van der Waals surface area contributed by atoms with E-state index in [1.54, 1.807) is 17.0 Å². The lowest BCUT2D eigenvalue weighted by atomic mass is 9.89. The minimum absolute atomic E-state index is 0.0347. The van der Waals surface area contributed by atoms with Crippen molar-refractivity contribution in [3.05, 3.63) is 41.2 Å². The largest absolute Gasteiger partial charge is 0.444 e. The Morgan fingerprint density at radius 3 is 2.85 bits per heavy atom. The summed E-state index contributed by atoms with van der Waals surface area (Å²) in [6.07, 6.45) is 2.29. The van der Waals surface area contributed by atoms with Crippen LogP contribution in [-0.2, 0) is 15.9 Å². The molecule has 1 amide bonds. The Labute approximate surface area is 153 Å².